The minimum atomic E-state index is -4.71. The number of benzene rings is 1. The lowest BCUT2D eigenvalue weighted by atomic mass is 9.98. The van der Waals surface area contributed by atoms with Crippen LogP contribution in [-0.4, -0.2) is 18.3 Å². The van der Waals surface area contributed by atoms with Crippen molar-refractivity contribution < 1.29 is 22.6 Å². The van der Waals surface area contributed by atoms with Crippen LogP contribution in [0.5, 0.6) is 11.5 Å². The van der Waals surface area contributed by atoms with E-state index in [9.17, 15) is 13.2 Å². The Balaban J connectivity index is 2.72. The first-order valence-corrected chi connectivity index (χ1v) is 7.28. The average molecular weight is 406 g/mol. The molecule has 1 aromatic carbocycles. The lowest BCUT2D eigenvalue weighted by molar-refractivity contribution is -0.274. The van der Waals surface area contributed by atoms with Gasteiger partial charge in [0.15, 0.2) is 0 Å². The van der Waals surface area contributed by atoms with Crippen LogP contribution in [0.4, 0.5) is 13.2 Å². The number of hydrogen-bond acceptors (Lipinski definition) is 2. The largest absolute Gasteiger partial charge is 0.573 e. The predicted octanol–water partition coefficient (Wildman–Crippen LogP) is 5.15. The van der Waals surface area contributed by atoms with Crippen LogP contribution < -0.4 is 9.47 Å². The SMILES string of the molecule is CC(C)(CBr)COc1ccc(OC(F)(F)F)c(Br)c1. The molecular formula is C12H13Br2F3O2. The van der Waals surface area contributed by atoms with Crippen LogP contribution in [0.2, 0.25) is 0 Å². The molecule has 108 valence electrons. The van der Waals surface area contributed by atoms with E-state index in [0.29, 0.717) is 12.4 Å². The maximum absolute atomic E-state index is 12.1. The standard InChI is InChI=1S/C12H13Br2F3O2/c1-11(2,6-13)7-18-8-3-4-10(9(14)5-8)19-12(15,16)17/h3-5H,6-7H2,1-2H3. The van der Waals surface area contributed by atoms with E-state index in [2.05, 4.69) is 36.6 Å². The summed E-state index contributed by atoms with van der Waals surface area (Å²) in [5, 5.41) is 0.760. The molecule has 0 saturated heterocycles. The van der Waals surface area contributed by atoms with Gasteiger partial charge < -0.3 is 9.47 Å². The zero-order valence-electron chi connectivity index (χ0n) is 10.4. The molecule has 0 aromatic heterocycles. The van der Waals surface area contributed by atoms with Crippen molar-refractivity contribution in [2.75, 3.05) is 11.9 Å². The van der Waals surface area contributed by atoms with Crippen molar-refractivity contribution in [3.8, 4) is 11.5 Å². The van der Waals surface area contributed by atoms with E-state index in [1.54, 1.807) is 0 Å². The topological polar surface area (TPSA) is 18.5 Å². The molecule has 0 aliphatic carbocycles. The fraction of sp³-hybridized carbons (Fsp3) is 0.500. The van der Waals surface area contributed by atoms with Crippen molar-refractivity contribution in [1.29, 1.82) is 0 Å². The lowest BCUT2D eigenvalue weighted by Crippen LogP contribution is -2.22. The van der Waals surface area contributed by atoms with Crippen LogP contribution in [-0.2, 0) is 0 Å². The molecule has 0 saturated carbocycles. The molecule has 0 bridgehead atoms. The quantitative estimate of drug-likeness (QED) is 0.631. The van der Waals surface area contributed by atoms with Gasteiger partial charge in [0, 0.05) is 10.7 Å². The molecule has 0 radical (unpaired) electrons. The van der Waals surface area contributed by atoms with E-state index in [0.717, 1.165) is 5.33 Å². The fourth-order valence-corrected chi connectivity index (χ4v) is 1.70. The summed E-state index contributed by atoms with van der Waals surface area (Å²) < 4.78 is 45.8. The zero-order chi connectivity index (χ0) is 14.7. The van der Waals surface area contributed by atoms with Crippen LogP contribution in [0.3, 0.4) is 0 Å². The molecule has 0 amide bonds. The van der Waals surface area contributed by atoms with E-state index >= 15 is 0 Å². The van der Waals surface area contributed by atoms with Crippen molar-refractivity contribution in [2.24, 2.45) is 5.41 Å². The zero-order valence-corrected chi connectivity index (χ0v) is 13.5. The minimum absolute atomic E-state index is 0.0619. The summed E-state index contributed by atoms with van der Waals surface area (Å²) in [5.41, 5.74) is -0.0619. The molecule has 0 N–H and O–H groups in total. The third-order valence-corrected chi connectivity index (χ3v) is 4.26. The molecule has 1 aromatic rings. The van der Waals surface area contributed by atoms with Crippen LogP contribution in [0.1, 0.15) is 13.8 Å². The number of alkyl halides is 4. The summed E-state index contributed by atoms with van der Waals surface area (Å²) in [4.78, 5) is 0. The Kier molecular flexibility index (Phi) is 5.55. The van der Waals surface area contributed by atoms with Crippen molar-refractivity contribution >= 4 is 31.9 Å². The van der Waals surface area contributed by atoms with Gasteiger partial charge >= 0.3 is 6.36 Å². The molecule has 1 rings (SSSR count). The average Bonchev–Trinajstić information content (AvgIpc) is 2.28. The van der Waals surface area contributed by atoms with E-state index in [-0.39, 0.29) is 15.6 Å². The van der Waals surface area contributed by atoms with Gasteiger partial charge in [0.1, 0.15) is 11.5 Å². The summed E-state index contributed by atoms with van der Waals surface area (Å²) in [6.45, 7) is 4.47. The van der Waals surface area contributed by atoms with Gasteiger partial charge in [-0.1, -0.05) is 29.8 Å². The Morgan fingerprint density at radius 3 is 2.32 bits per heavy atom. The summed E-state index contributed by atoms with van der Waals surface area (Å²) >= 11 is 6.39. The Morgan fingerprint density at radius 2 is 1.84 bits per heavy atom. The predicted molar refractivity (Wildman–Crippen MR) is 73.9 cm³/mol. The second kappa shape index (κ2) is 6.35. The molecule has 7 heteroatoms. The van der Waals surface area contributed by atoms with Gasteiger partial charge in [0.05, 0.1) is 11.1 Å². The van der Waals surface area contributed by atoms with Crippen LogP contribution in [0.15, 0.2) is 22.7 Å². The highest BCUT2D eigenvalue weighted by atomic mass is 79.9. The molecule has 0 heterocycles. The van der Waals surface area contributed by atoms with Gasteiger partial charge in [-0.15, -0.1) is 13.2 Å². The highest BCUT2D eigenvalue weighted by molar-refractivity contribution is 9.10. The summed E-state index contributed by atoms with van der Waals surface area (Å²) in [5.74, 6) is 0.190. The van der Waals surface area contributed by atoms with Gasteiger partial charge in [0.2, 0.25) is 0 Å². The second-order valence-corrected chi connectivity index (χ2v) is 6.14. The maximum Gasteiger partial charge on any atom is 0.573 e. The molecule has 0 aliphatic rings. The first-order chi connectivity index (χ1) is 8.63. The monoisotopic (exact) mass is 404 g/mol. The Morgan fingerprint density at radius 1 is 1.21 bits per heavy atom. The minimum Gasteiger partial charge on any atom is -0.493 e. The molecule has 19 heavy (non-hydrogen) atoms. The normalized spacial score (nSPS) is 12.4. The highest BCUT2D eigenvalue weighted by Gasteiger charge is 2.32. The van der Waals surface area contributed by atoms with E-state index in [4.69, 9.17) is 4.74 Å². The van der Waals surface area contributed by atoms with Crippen molar-refractivity contribution in [3.05, 3.63) is 22.7 Å². The molecule has 0 atom stereocenters. The third-order valence-electron chi connectivity index (χ3n) is 2.12. The van der Waals surface area contributed by atoms with E-state index in [1.165, 1.54) is 18.2 Å². The van der Waals surface area contributed by atoms with Gasteiger partial charge in [-0.3, -0.25) is 0 Å². The second-order valence-electron chi connectivity index (χ2n) is 4.73. The highest BCUT2D eigenvalue weighted by Crippen LogP contribution is 2.33. The van der Waals surface area contributed by atoms with Crippen LogP contribution in [0.25, 0.3) is 0 Å². The Labute approximate surface area is 126 Å². The Bertz CT molecular complexity index is 433. The van der Waals surface area contributed by atoms with Crippen molar-refractivity contribution in [2.45, 2.75) is 20.2 Å². The van der Waals surface area contributed by atoms with Gasteiger partial charge in [-0.05, 0) is 34.1 Å². The first kappa shape index (κ1) is 16.6. The Hall–Kier alpha value is -0.430. The first-order valence-electron chi connectivity index (χ1n) is 5.37. The summed E-state index contributed by atoms with van der Waals surface area (Å²) in [7, 11) is 0. The molecule has 0 fully saturated rings. The fourth-order valence-electron chi connectivity index (χ4n) is 1.10. The number of hydrogen-bond donors (Lipinski definition) is 0. The van der Waals surface area contributed by atoms with Crippen molar-refractivity contribution in [3.63, 3.8) is 0 Å². The third kappa shape index (κ3) is 6.03. The van der Waals surface area contributed by atoms with E-state index in [1.807, 2.05) is 13.8 Å². The van der Waals surface area contributed by atoms with Gasteiger partial charge in [-0.2, -0.15) is 0 Å². The number of ether oxygens (including phenoxy) is 2. The van der Waals surface area contributed by atoms with E-state index < -0.39 is 6.36 Å². The molecular weight excluding hydrogens is 393 g/mol. The number of halogens is 5. The molecule has 0 unspecified atom stereocenters. The summed E-state index contributed by atoms with van der Waals surface area (Å²) in [6, 6.07) is 4.11. The summed E-state index contributed by atoms with van der Waals surface area (Å²) in [6.07, 6.45) is -4.71. The molecule has 2 nitrogen and oxygen atoms in total. The van der Waals surface area contributed by atoms with Crippen molar-refractivity contribution in [1.82, 2.24) is 0 Å². The smallest absolute Gasteiger partial charge is 0.493 e. The van der Waals surface area contributed by atoms with Gasteiger partial charge in [-0.25, -0.2) is 0 Å². The lowest BCUT2D eigenvalue weighted by Gasteiger charge is -2.22. The van der Waals surface area contributed by atoms with Gasteiger partial charge in [0.25, 0.3) is 0 Å². The molecule has 0 spiro atoms. The maximum atomic E-state index is 12.1. The van der Waals surface area contributed by atoms with Crippen LogP contribution >= 0.6 is 31.9 Å². The number of rotatable bonds is 5. The van der Waals surface area contributed by atoms with Crippen LogP contribution in [0, 0.1) is 5.41 Å². The molecule has 0 aliphatic heterocycles.